The third kappa shape index (κ3) is 4.82. The molecule has 0 amide bonds. The molecule has 0 bridgehead atoms. The van der Waals surface area contributed by atoms with E-state index in [1.165, 1.54) is 26.4 Å². The van der Waals surface area contributed by atoms with Crippen molar-refractivity contribution in [1.29, 1.82) is 0 Å². The first-order valence-electron chi connectivity index (χ1n) is 5.91. The molecule has 0 unspecified atom stereocenters. The second-order valence-corrected chi connectivity index (χ2v) is 4.05. The predicted molar refractivity (Wildman–Crippen MR) is 66.5 cm³/mol. The first kappa shape index (κ1) is 17.1. The van der Waals surface area contributed by atoms with Gasteiger partial charge in [0.1, 0.15) is 0 Å². The van der Waals surface area contributed by atoms with E-state index in [2.05, 4.69) is 4.74 Å². The fraction of sp³-hybridized carbons (Fsp3) is 0.462. The average molecular weight is 308 g/mol. The van der Waals surface area contributed by atoms with E-state index in [4.69, 9.17) is 14.6 Å². The summed E-state index contributed by atoms with van der Waals surface area (Å²) >= 11 is 0. The molecule has 0 saturated heterocycles. The number of benzene rings is 1. The molecule has 1 rings (SSSR count). The summed E-state index contributed by atoms with van der Waals surface area (Å²) < 4.78 is 53.6. The quantitative estimate of drug-likeness (QED) is 0.839. The van der Waals surface area contributed by atoms with Crippen LogP contribution in [0.1, 0.15) is 18.1 Å². The van der Waals surface area contributed by atoms with Gasteiger partial charge >= 0.3 is 12.1 Å². The fourth-order valence-electron chi connectivity index (χ4n) is 1.66. The maximum atomic E-state index is 13.0. The minimum atomic E-state index is -4.67. The molecule has 1 aromatic carbocycles. The number of halogens is 3. The zero-order valence-electron chi connectivity index (χ0n) is 11.4. The SMILES string of the molecule is COc1ccc([C@@H](OCCC(=O)O)C(F)(F)F)cc1OC. The second kappa shape index (κ2) is 7.16. The normalized spacial score (nSPS) is 12.8. The van der Waals surface area contributed by atoms with Gasteiger partial charge in [-0.05, 0) is 17.7 Å². The molecule has 1 atom stereocenters. The van der Waals surface area contributed by atoms with Crippen LogP contribution in [0, 0.1) is 0 Å². The van der Waals surface area contributed by atoms with E-state index >= 15 is 0 Å². The Balaban J connectivity index is 3.00. The number of rotatable bonds is 7. The Hall–Kier alpha value is -1.96. The molecule has 5 nitrogen and oxygen atoms in total. The Morgan fingerprint density at radius 3 is 2.33 bits per heavy atom. The summed E-state index contributed by atoms with van der Waals surface area (Å²) in [6.45, 7) is -0.548. The molecular formula is C13H15F3O5. The predicted octanol–water partition coefficient (Wildman–Crippen LogP) is 2.80. The van der Waals surface area contributed by atoms with E-state index in [0.717, 1.165) is 6.07 Å². The molecule has 21 heavy (non-hydrogen) atoms. The summed E-state index contributed by atoms with van der Waals surface area (Å²) in [4.78, 5) is 10.4. The molecule has 0 aromatic heterocycles. The van der Waals surface area contributed by atoms with Gasteiger partial charge in [-0.1, -0.05) is 6.07 Å². The summed E-state index contributed by atoms with van der Waals surface area (Å²) in [6.07, 6.45) is -7.41. The molecular weight excluding hydrogens is 293 g/mol. The Kier molecular flexibility index (Phi) is 5.83. The summed E-state index contributed by atoms with van der Waals surface area (Å²) in [5.74, 6) is -0.818. The van der Waals surface area contributed by atoms with Crippen molar-refractivity contribution in [3.8, 4) is 11.5 Å². The molecule has 0 aliphatic carbocycles. The van der Waals surface area contributed by atoms with Gasteiger partial charge in [-0.2, -0.15) is 13.2 Å². The monoisotopic (exact) mass is 308 g/mol. The Morgan fingerprint density at radius 2 is 1.86 bits per heavy atom. The van der Waals surface area contributed by atoms with Gasteiger partial charge in [0.25, 0.3) is 0 Å². The van der Waals surface area contributed by atoms with Crippen molar-refractivity contribution in [2.45, 2.75) is 18.7 Å². The first-order valence-corrected chi connectivity index (χ1v) is 5.91. The van der Waals surface area contributed by atoms with E-state index in [9.17, 15) is 18.0 Å². The number of aliphatic carboxylic acids is 1. The lowest BCUT2D eigenvalue weighted by atomic mass is 10.1. The van der Waals surface area contributed by atoms with Gasteiger partial charge in [-0.3, -0.25) is 4.79 Å². The van der Waals surface area contributed by atoms with Crippen LogP contribution in [0.3, 0.4) is 0 Å². The van der Waals surface area contributed by atoms with E-state index in [1.54, 1.807) is 0 Å². The van der Waals surface area contributed by atoms with Crippen LogP contribution in [0.4, 0.5) is 13.2 Å². The number of alkyl halides is 3. The molecule has 1 N–H and O–H groups in total. The van der Waals surface area contributed by atoms with Gasteiger partial charge in [-0.15, -0.1) is 0 Å². The number of carboxylic acids is 1. The van der Waals surface area contributed by atoms with Crippen LogP contribution in [0.15, 0.2) is 18.2 Å². The first-order chi connectivity index (χ1) is 9.79. The number of hydrogen-bond acceptors (Lipinski definition) is 4. The van der Waals surface area contributed by atoms with E-state index in [1.807, 2.05) is 0 Å². The highest BCUT2D eigenvalue weighted by Gasteiger charge is 2.42. The molecule has 0 radical (unpaired) electrons. The van der Waals surface area contributed by atoms with Crippen molar-refractivity contribution in [1.82, 2.24) is 0 Å². The number of methoxy groups -OCH3 is 2. The van der Waals surface area contributed by atoms with Gasteiger partial charge in [-0.25, -0.2) is 0 Å². The summed E-state index contributed by atoms with van der Waals surface area (Å²) in [5, 5.41) is 8.45. The molecule has 0 spiro atoms. The van der Waals surface area contributed by atoms with Crippen molar-refractivity contribution in [2.24, 2.45) is 0 Å². The van der Waals surface area contributed by atoms with Crippen molar-refractivity contribution in [3.05, 3.63) is 23.8 Å². The summed E-state index contributed by atoms with van der Waals surface area (Å²) in [6, 6.07) is 3.67. The molecule has 0 aliphatic heterocycles. The lowest BCUT2D eigenvalue weighted by Crippen LogP contribution is -2.24. The Morgan fingerprint density at radius 1 is 1.24 bits per heavy atom. The number of carboxylic acid groups (broad SMARTS) is 1. The molecule has 0 aliphatic rings. The highest BCUT2D eigenvalue weighted by Crippen LogP contribution is 2.39. The lowest BCUT2D eigenvalue weighted by molar-refractivity contribution is -0.224. The highest BCUT2D eigenvalue weighted by molar-refractivity contribution is 5.66. The van der Waals surface area contributed by atoms with Gasteiger partial charge in [0.05, 0.1) is 27.2 Å². The fourth-order valence-corrected chi connectivity index (χ4v) is 1.66. The minimum Gasteiger partial charge on any atom is -0.493 e. The van der Waals surface area contributed by atoms with Gasteiger partial charge < -0.3 is 19.3 Å². The van der Waals surface area contributed by atoms with Crippen LogP contribution >= 0.6 is 0 Å². The highest BCUT2D eigenvalue weighted by atomic mass is 19.4. The van der Waals surface area contributed by atoms with Crippen LogP contribution in [-0.4, -0.2) is 38.1 Å². The smallest absolute Gasteiger partial charge is 0.418 e. The van der Waals surface area contributed by atoms with Crippen molar-refractivity contribution in [2.75, 3.05) is 20.8 Å². The maximum absolute atomic E-state index is 13.0. The van der Waals surface area contributed by atoms with Gasteiger partial charge in [0.2, 0.25) is 0 Å². The molecule has 0 fully saturated rings. The number of ether oxygens (including phenoxy) is 3. The lowest BCUT2D eigenvalue weighted by Gasteiger charge is -2.22. The van der Waals surface area contributed by atoms with E-state index in [0.29, 0.717) is 0 Å². The van der Waals surface area contributed by atoms with Crippen molar-refractivity contribution >= 4 is 5.97 Å². The summed E-state index contributed by atoms with van der Waals surface area (Å²) in [5.41, 5.74) is -0.189. The van der Waals surface area contributed by atoms with Crippen LogP contribution in [0.5, 0.6) is 11.5 Å². The van der Waals surface area contributed by atoms with Crippen LogP contribution < -0.4 is 9.47 Å². The standard InChI is InChI=1S/C13H15F3O5/c1-19-9-4-3-8(7-10(9)20-2)12(13(14,15)16)21-6-5-11(17)18/h3-4,7,12H,5-6H2,1-2H3,(H,17,18)/t12-/m1/s1. The Bertz CT molecular complexity index is 487. The number of hydrogen-bond donors (Lipinski definition) is 1. The average Bonchev–Trinajstić information content (AvgIpc) is 2.41. The van der Waals surface area contributed by atoms with Crippen LogP contribution in [0.25, 0.3) is 0 Å². The maximum Gasteiger partial charge on any atom is 0.418 e. The third-order valence-electron chi connectivity index (χ3n) is 2.61. The zero-order chi connectivity index (χ0) is 16.0. The molecule has 1 aromatic rings. The molecule has 118 valence electrons. The van der Waals surface area contributed by atoms with Crippen molar-refractivity contribution < 1.29 is 37.3 Å². The third-order valence-corrected chi connectivity index (χ3v) is 2.61. The van der Waals surface area contributed by atoms with Gasteiger partial charge in [0.15, 0.2) is 17.6 Å². The zero-order valence-corrected chi connectivity index (χ0v) is 11.4. The molecule has 8 heteroatoms. The minimum absolute atomic E-state index is 0.131. The van der Waals surface area contributed by atoms with E-state index in [-0.39, 0.29) is 17.1 Å². The second-order valence-electron chi connectivity index (χ2n) is 4.05. The Labute approximate surface area is 119 Å². The van der Waals surface area contributed by atoms with Crippen LogP contribution in [-0.2, 0) is 9.53 Å². The largest absolute Gasteiger partial charge is 0.493 e. The number of carbonyl (C=O) groups is 1. The molecule has 0 saturated carbocycles. The van der Waals surface area contributed by atoms with Gasteiger partial charge in [0, 0.05) is 0 Å². The molecule has 0 heterocycles. The summed E-state index contributed by atoms with van der Waals surface area (Å²) in [7, 11) is 2.66. The topological polar surface area (TPSA) is 65.0 Å². The van der Waals surface area contributed by atoms with E-state index < -0.39 is 31.3 Å². The van der Waals surface area contributed by atoms with Crippen molar-refractivity contribution in [3.63, 3.8) is 0 Å². The van der Waals surface area contributed by atoms with Crippen LogP contribution in [0.2, 0.25) is 0 Å².